The van der Waals surface area contributed by atoms with E-state index in [4.69, 9.17) is 10.00 Å². The second kappa shape index (κ2) is 9.34. The lowest BCUT2D eigenvalue weighted by atomic mass is 10.0. The number of nitrogens with zero attached hydrogens (tertiary/aromatic N) is 1. The average molecular weight is 379 g/mol. The molecule has 1 aromatic rings. The highest BCUT2D eigenvalue weighted by atomic mass is 32.2. The number of amides is 2. The van der Waals surface area contributed by atoms with Crippen LogP contribution in [0.2, 0.25) is 0 Å². The molecule has 0 heterocycles. The molecule has 0 saturated heterocycles. The number of nitrogens with one attached hydrogen (secondary N) is 2. The summed E-state index contributed by atoms with van der Waals surface area (Å²) in [4.78, 5) is 24.7. The normalized spacial score (nSPS) is 13.4. The summed E-state index contributed by atoms with van der Waals surface area (Å²) in [6.45, 7) is 8.96. The van der Waals surface area contributed by atoms with E-state index >= 15 is 0 Å². The van der Waals surface area contributed by atoms with E-state index in [1.54, 1.807) is 32.9 Å². The number of hydrogen-bond donors (Lipinski definition) is 2. The van der Waals surface area contributed by atoms with E-state index in [0.29, 0.717) is 6.42 Å². The van der Waals surface area contributed by atoms with Gasteiger partial charge in [-0.05, 0) is 45.2 Å². The van der Waals surface area contributed by atoms with E-state index in [1.807, 2.05) is 19.9 Å². The SMILES string of the molecule is CC(C)CC(NC(=O)OC(C)(C)C)C(=O)NS(=O)c1ccccc1C#N. The van der Waals surface area contributed by atoms with E-state index < -0.39 is 34.6 Å². The van der Waals surface area contributed by atoms with Crippen LogP contribution < -0.4 is 10.0 Å². The summed E-state index contributed by atoms with van der Waals surface area (Å²) in [6.07, 6.45) is -0.371. The molecule has 7 nitrogen and oxygen atoms in total. The quantitative estimate of drug-likeness (QED) is 0.790. The summed E-state index contributed by atoms with van der Waals surface area (Å²) < 4.78 is 20.0. The molecule has 2 N–H and O–H groups in total. The van der Waals surface area contributed by atoms with Gasteiger partial charge in [-0.1, -0.05) is 26.0 Å². The average Bonchev–Trinajstić information content (AvgIpc) is 2.51. The largest absolute Gasteiger partial charge is 0.444 e. The van der Waals surface area contributed by atoms with E-state index in [9.17, 15) is 13.8 Å². The van der Waals surface area contributed by atoms with Crippen LogP contribution in [0.4, 0.5) is 4.79 Å². The Morgan fingerprint density at radius 2 is 1.88 bits per heavy atom. The first-order chi connectivity index (χ1) is 12.0. The Morgan fingerprint density at radius 3 is 2.42 bits per heavy atom. The lowest BCUT2D eigenvalue weighted by molar-refractivity contribution is -0.121. The zero-order valence-corrected chi connectivity index (χ0v) is 16.5. The minimum Gasteiger partial charge on any atom is -0.444 e. The van der Waals surface area contributed by atoms with Crippen LogP contribution in [-0.4, -0.2) is 27.9 Å². The van der Waals surface area contributed by atoms with Gasteiger partial charge >= 0.3 is 6.09 Å². The monoisotopic (exact) mass is 379 g/mol. The van der Waals surface area contributed by atoms with E-state index in [-0.39, 0.29) is 16.4 Å². The molecule has 0 spiro atoms. The summed E-state index contributed by atoms with van der Waals surface area (Å²) in [5.74, 6) is -0.490. The van der Waals surface area contributed by atoms with Gasteiger partial charge in [-0.25, -0.2) is 9.00 Å². The van der Waals surface area contributed by atoms with Crippen molar-refractivity contribution in [3.05, 3.63) is 29.8 Å². The molecule has 0 bridgehead atoms. The number of rotatable bonds is 6. The van der Waals surface area contributed by atoms with Gasteiger partial charge in [0.25, 0.3) is 5.91 Å². The molecule has 0 aliphatic heterocycles. The summed E-state index contributed by atoms with van der Waals surface area (Å²) in [7, 11) is -1.91. The van der Waals surface area contributed by atoms with Crippen LogP contribution in [0.5, 0.6) is 0 Å². The van der Waals surface area contributed by atoms with Gasteiger partial charge in [0.05, 0.1) is 10.5 Å². The van der Waals surface area contributed by atoms with E-state index in [0.717, 1.165) is 0 Å². The highest BCUT2D eigenvalue weighted by Crippen LogP contribution is 2.13. The number of carbonyl (C=O) groups is 2. The van der Waals surface area contributed by atoms with Crippen molar-refractivity contribution in [1.82, 2.24) is 10.0 Å². The molecule has 2 atom stereocenters. The van der Waals surface area contributed by atoms with Crippen LogP contribution in [0.1, 0.15) is 46.6 Å². The molecular weight excluding hydrogens is 354 g/mol. The number of hydrogen-bond acceptors (Lipinski definition) is 5. The van der Waals surface area contributed by atoms with Crippen LogP contribution in [0, 0.1) is 17.2 Å². The van der Waals surface area contributed by atoms with Gasteiger partial charge in [-0.3, -0.25) is 9.52 Å². The van der Waals surface area contributed by atoms with Gasteiger partial charge in [-0.2, -0.15) is 5.26 Å². The fraction of sp³-hybridized carbons (Fsp3) is 0.500. The van der Waals surface area contributed by atoms with Crippen molar-refractivity contribution >= 4 is 23.0 Å². The smallest absolute Gasteiger partial charge is 0.408 e. The first-order valence-corrected chi connectivity index (χ1v) is 9.39. The third-order valence-corrected chi connectivity index (χ3v) is 4.26. The number of nitriles is 1. The van der Waals surface area contributed by atoms with Crippen molar-refractivity contribution in [3.8, 4) is 6.07 Å². The molecule has 0 aliphatic carbocycles. The minimum absolute atomic E-state index is 0.112. The molecular formula is C18H25N3O4S. The second-order valence-electron chi connectivity index (χ2n) is 7.17. The van der Waals surface area contributed by atoms with Crippen LogP contribution in [0.3, 0.4) is 0 Å². The molecule has 8 heteroatoms. The van der Waals surface area contributed by atoms with Gasteiger partial charge in [0.15, 0.2) is 11.0 Å². The van der Waals surface area contributed by atoms with Crippen molar-refractivity contribution < 1.29 is 18.5 Å². The highest BCUT2D eigenvalue weighted by molar-refractivity contribution is 7.83. The van der Waals surface area contributed by atoms with Crippen LogP contribution in [0.15, 0.2) is 29.2 Å². The fourth-order valence-corrected chi connectivity index (χ4v) is 3.04. The van der Waals surface area contributed by atoms with Gasteiger partial charge in [-0.15, -0.1) is 0 Å². The Balaban J connectivity index is 2.87. The summed E-state index contributed by atoms with van der Waals surface area (Å²) in [5.41, 5.74) is -0.482. The molecule has 2 amide bonds. The standard InChI is InChI=1S/C18H25N3O4S/c1-12(2)10-14(20-17(23)25-18(3,4)5)16(22)21-26(24)15-9-7-6-8-13(15)11-19/h6-9,12,14H,10H2,1-5H3,(H,20,23)(H,21,22). The molecule has 0 aliphatic rings. The molecule has 1 aromatic carbocycles. The molecule has 0 radical (unpaired) electrons. The van der Waals surface area contributed by atoms with Gasteiger partial charge in [0.2, 0.25) is 0 Å². The molecule has 142 valence electrons. The van der Waals surface area contributed by atoms with Gasteiger partial charge in [0, 0.05) is 0 Å². The molecule has 0 saturated carbocycles. The number of benzene rings is 1. The van der Waals surface area contributed by atoms with Crippen LogP contribution in [0.25, 0.3) is 0 Å². The lowest BCUT2D eigenvalue weighted by Crippen LogP contribution is -2.49. The molecule has 2 unspecified atom stereocenters. The topological polar surface area (TPSA) is 108 Å². The molecule has 0 fully saturated rings. The van der Waals surface area contributed by atoms with Crippen molar-refractivity contribution in [1.29, 1.82) is 5.26 Å². The Bertz CT molecular complexity index is 720. The first kappa shape index (κ1) is 21.6. The number of carbonyl (C=O) groups excluding carboxylic acids is 2. The van der Waals surface area contributed by atoms with Crippen molar-refractivity contribution in [2.24, 2.45) is 5.92 Å². The van der Waals surface area contributed by atoms with Crippen LogP contribution >= 0.6 is 0 Å². The Kier molecular flexibility index (Phi) is 7.77. The van der Waals surface area contributed by atoms with E-state index in [2.05, 4.69) is 10.0 Å². The van der Waals surface area contributed by atoms with Crippen molar-refractivity contribution in [2.45, 2.75) is 57.6 Å². The maximum absolute atomic E-state index is 12.5. The predicted octanol–water partition coefficient (Wildman–Crippen LogP) is 2.64. The number of alkyl carbamates (subject to hydrolysis) is 1. The third kappa shape index (κ3) is 7.23. The number of ether oxygens (including phenoxy) is 1. The highest BCUT2D eigenvalue weighted by Gasteiger charge is 2.26. The van der Waals surface area contributed by atoms with Gasteiger partial charge < -0.3 is 10.1 Å². The van der Waals surface area contributed by atoms with Gasteiger partial charge in [0.1, 0.15) is 17.7 Å². The minimum atomic E-state index is -1.91. The Morgan fingerprint density at radius 1 is 1.27 bits per heavy atom. The zero-order chi connectivity index (χ0) is 19.9. The summed E-state index contributed by atoms with van der Waals surface area (Å²) >= 11 is 0. The zero-order valence-electron chi connectivity index (χ0n) is 15.7. The first-order valence-electron chi connectivity index (χ1n) is 8.24. The van der Waals surface area contributed by atoms with Crippen molar-refractivity contribution in [2.75, 3.05) is 0 Å². The van der Waals surface area contributed by atoms with E-state index in [1.165, 1.54) is 12.1 Å². The van der Waals surface area contributed by atoms with Crippen LogP contribution in [-0.2, 0) is 20.5 Å². The second-order valence-corrected chi connectivity index (χ2v) is 8.35. The third-order valence-electron chi connectivity index (χ3n) is 3.12. The fourth-order valence-electron chi connectivity index (χ4n) is 2.09. The van der Waals surface area contributed by atoms with Crippen molar-refractivity contribution in [3.63, 3.8) is 0 Å². The molecule has 1 rings (SSSR count). The summed E-state index contributed by atoms with van der Waals surface area (Å²) in [6, 6.07) is 7.34. The molecule has 0 aromatic heterocycles. The Hall–Kier alpha value is -2.40. The predicted molar refractivity (Wildman–Crippen MR) is 98.3 cm³/mol. The summed E-state index contributed by atoms with van der Waals surface area (Å²) in [5, 5.41) is 11.6. The Labute approximate surface area is 156 Å². The molecule has 26 heavy (non-hydrogen) atoms. The maximum atomic E-state index is 12.5. The lowest BCUT2D eigenvalue weighted by Gasteiger charge is -2.24. The maximum Gasteiger partial charge on any atom is 0.408 e.